The maximum atomic E-state index is 11.9. The Balaban J connectivity index is 1.88. The molecule has 0 atom stereocenters. The van der Waals surface area contributed by atoms with Crippen molar-refractivity contribution in [3.8, 4) is 0 Å². The molecule has 8 heteroatoms. The number of guanidine groups is 1. The van der Waals surface area contributed by atoms with Crippen molar-refractivity contribution >= 4 is 23.6 Å². The van der Waals surface area contributed by atoms with Gasteiger partial charge in [-0.1, -0.05) is 18.2 Å². The van der Waals surface area contributed by atoms with Gasteiger partial charge in [-0.15, -0.1) is 11.8 Å². The van der Waals surface area contributed by atoms with Crippen LogP contribution in [0.2, 0.25) is 0 Å². The van der Waals surface area contributed by atoms with Crippen LogP contribution in [0.15, 0.2) is 40.2 Å². The number of carbonyl (C=O) groups excluding carboxylic acids is 1. The molecule has 1 aromatic carbocycles. The molecule has 2 N–H and O–H groups in total. The SMILES string of the molecule is COC1(CNC(=NCC(=O)N(C)C)NCCSc2ccccc2)CCOCC1. The number of likely N-dealkylation sites (N-methyl/N-ethyl adjacent to an activating group) is 1. The number of nitrogens with one attached hydrogen (secondary N) is 2. The number of amides is 1. The largest absolute Gasteiger partial charge is 0.381 e. The molecule has 1 amide bonds. The second-order valence-corrected chi connectivity index (χ2v) is 8.06. The normalized spacial score (nSPS) is 16.5. The van der Waals surface area contributed by atoms with Crippen molar-refractivity contribution in [2.24, 2.45) is 4.99 Å². The first-order chi connectivity index (χ1) is 13.5. The van der Waals surface area contributed by atoms with E-state index in [1.807, 2.05) is 18.2 Å². The smallest absolute Gasteiger partial charge is 0.243 e. The van der Waals surface area contributed by atoms with Gasteiger partial charge < -0.3 is 25.0 Å². The molecule has 0 aliphatic carbocycles. The third kappa shape index (κ3) is 7.69. The van der Waals surface area contributed by atoms with Gasteiger partial charge >= 0.3 is 0 Å². The Hall–Kier alpha value is -1.77. The summed E-state index contributed by atoms with van der Waals surface area (Å²) in [6, 6.07) is 10.3. The number of rotatable bonds is 9. The summed E-state index contributed by atoms with van der Waals surface area (Å²) in [4.78, 5) is 19.1. The van der Waals surface area contributed by atoms with Crippen LogP contribution in [-0.2, 0) is 14.3 Å². The lowest BCUT2D eigenvalue weighted by Crippen LogP contribution is -2.51. The Morgan fingerprint density at radius 1 is 1.25 bits per heavy atom. The highest BCUT2D eigenvalue weighted by Crippen LogP contribution is 2.23. The maximum Gasteiger partial charge on any atom is 0.243 e. The summed E-state index contributed by atoms with van der Waals surface area (Å²) in [5, 5.41) is 6.68. The first-order valence-corrected chi connectivity index (χ1v) is 10.6. The highest BCUT2D eigenvalue weighted by Gasteiger charge is 2.32. The summed E-state index contributed by atoms with van der Waals surface area (Å²) < 4.78 is 11.2. The highest BCUT2D eigenvalue weighted by atomic mass is 32.2. The minimum Gasteiger partial charge on any atom is -0.381 e. The van der Waals surface area contributed by atoms with Crippen LogP contribution in [0.1, 0.15) is 12.8 Å². The van der Waals surface area contributed by atoms with Crippen LogP contribution in [0.3, 0.4) is 0 Å². The fourth-order valence-electron chi connectivity index (χ4n) is 2.76. The molecule has 1 saturated heterocycles. The lowest BCUT2D eigenvalue weighted by Gasteiger charge is -2.36. The Morgan fingerprint density at radius 3 is 2.61 bits per heavy atom. The molecule has 28 heavy (non-hydrogen) atoms. The Bertz CT molecular complexity index is 619. The van der Waals surface area contributed by atoms with E-state index in [1.165, 1.54) is 4.90 Å². The number of thioether (sulfide) groups is 1. The third-order valence-electron chi connectivity index (χ3n) is 4.69. The number of carbonyl (C=O) groups is 1. The van der Waals surface area contributed by atoms with Gasteiger partial charge in [-0.05, 0) is 12.1 Å². The summed E-state index contributed by atoms with van der Waals surface area (Å²) in [7, 11) is 5.21. The molecule has 1 heterocycles. The molecule has 0 saturated carbocycles. The van der Waals surface area contributed by atoms with E-state index in [4.69, 9.17) is 9.47 Å². The van der Waals surface area contributed by atoms with Gasteiger partial charge in [0.25, 0.3) is 0 Å². The highest BCUT2D eigenvalue weighted by molar-refractivity contribution is 7.99. The zero-order valence-corrected chi connectivity index (χ0v) is 17.9. The van der Waals surface area contributed by atoms with Gasteiger partial charge in [0, 0.05) is 71.0 Å². The lowest BCUT2D eigenvalue weighted by atomic mass is 9.94. The van der Waals surface area contributed by atoms with Crippen molar-refractivity contribution < 1.29 is 14.3 Å². The molecule has 1 aliphatic rings. The van der Waals surface area contributed by atoms with E-state index in [1.54, 1.807) is 37.9 Å². The molecule has 1 fully saturated rings. The van der Waals surface area contributed by atoms with Gasteiger partial charge in [-0.2, -0.15) is 0 Å². The molecular formula is C20H32N4O3S. The van der Waals surface area contributed by atoms with Gasteiger partial charge in [0.05, 0.1) is 5.60 Å². The Kier molecular flexibility index (Phi) is 9.60. The summed E-state index contributed by atoms with van der Waals surface area (Å²) in [5.74, 6) is 1.49. The standard InChI is InChI=1S/C20H32N4O3S/c1-24(2)18(25)15-22-19(21-11-14-28-17-7-5-4-6-8-17)23-16-20(26-3)9-12-27-13-10-20/h4-8H,9-16H2,1-3H3,(H2,21,22,23). The molecule has 0 unspecified atom stereocenters. The number of hydrogen-bond donors (Lipinski definition) is 2. The van der Waals surface area contributed by atoms with Gasteiger partial charge in [0.15, 0.2) is 5.96 Å². The van der Waals surface area contributed by atoms with Crippen molar-refractivity contribution in [3.05, 3.63) is 30.3 Å². The van der Waals surface area contributed by atoms with Crippen molar-refractivity contribution in [1.29, 1.82) is 0 Å². The molecule has 7 nitrogen and oxygen atoms in total. The van der Waals surface area contributed by atoms with E-state index in [0.717, 1.165) is 25.1 Å². The van der Waals surface area contributed by atoms with Crippen LogP contribution in [0.5, 0.6) is 0 Å². The van der Waals surface area contributed by atoms with Crippen LogP contribution in [-0.4, -0.2) is 82.2 Å². The summed E-state index contributed by atoms with van der Waals surface area (Å²) in [6.45, 7) is 2.87. The molecule has 1 aliphatic heterocycles. The van der Waals surface area contributed by atoms with Gasteiger partial charge in [0.2, 0.25) is 5.91 Å². The number of hydrogen-bond acceptors (Lipinski definition) is 5. The topological polar surface area (TPSA) is 75.2 Å². The fraction of sp³-hybridized carbons (Fsp3) is 0.600. The van der Waals surface area contributed by atoms with Crippen molar-refractivity contribution in [3.63, 3.8) is 0 Å². The zero-order valence-electron chi connectivity index (χ0n) is 17.1. The second kappa shape index (κ2) is 11.9. The average molecular weight is 409 g/mol. The first-order valence-electron chi connectivity index (χ1n) is 9.58. The molecule has 0 spiro atoms. The molecule has 0 aromatic heterocycles. The number of aliphatic imine (C=N–C) groups is 1. The van der Waals surface area contributed by atoms with Gasteiger partial charge in [0.1, 0.15) is 6.54 Å². The summed E-state index contributed by atoms with van der Waals surface area (Å²) in [5.41, 5.74) is -0.259. The Labute approximate surface area is 172 Å². The minimum absolute atomic E-state index is 0.0349. The predicted octanol–water partition coefficient (Wildman–Crippen LogP) is 1.60. The van der Waals surface area contributed by atoms with Crippen molar-refractivity contribution in [2.75, 3.05) is 59.8 Å². The summed E-state index contributed by atoms with van der Waals surface area (Å²) >= 11 is 1.78. The van der Waals surface area contributed by atoms with Crippen LogP contribution >= 0.6 is 11.8 Å². The van der Waals surface area contributed by atoms with E-state index in [2.05, 4.69) is 27.8 Å². The van der Waals surface area contributed by atoms with E-state index in [0.29, 0.717) is 25.7 Å². The fourth-order valence-corrected chi connectivity index (χ4v) is 3.55. The molecule has 0 bridgehead atoms. The molecule has 0 radical (unpaired) electrons. The second-order valence-electron chi connectivity index (χ2n) is 6.89. The number of methoxy groups -OCH3 is 1. The van der Waals surface area contributed by atoms with Crippen molar-refractivity contribution in [1.82, 2.24) is 15.5 Å². The van der Waals surface area contributed by atoms with Crippen LogP contribution in [0.25, 0.3) is 0 Å². The maximum absolute atomic E-state index is 11.9. The zero-order chi connectivity index (χ0) is 20.2. The van der Waals surface area contributed by atoms with Crippen LogP contribution in [0, 0.1) is 0 Å². The lowest BCUT2D eigenvalue weighted by molar-refractivity contribution is -0.127. The van der Waals surface area contributed by atoms with Crippen molar-refractivity contribution in [2.45, 2.75) is 23.3 Å². The Morgan fingerprint density at radius 2 is 1.96 bits per heavy atom. The predicted molar refractivity (Wildman–Crippen MR) is 114 cm³/mol. The van der Waals surface area contributed by atoms with E-state index in [9.17, 15) is 4.79 Å². The first kappa shape index (κ1) is 22.5. The van der Waals surface area contributed by atoms with Gasteiger partial charge in [-0.25, -0.2) is 4.99 Å². The van der Waals surface area contributed by atoms with E-state index >= 15 is 0 Å². The summed E-state index contributed by atoms with van der Waals surface area (Å²) in [6.07, 6.45) is 1.68. The van der Waals surface area contributed by atoms with Crippen LogP contribution < -0.4 is 10.6 Å². The average Bonchev–Trinajstić information content (AvgIpc) is 2.73. The number of nitrogens with zero attached hydrogens (tertiary/aromatic N) is 2. The molecule has 156 valence electrons. The molecular weight excluding hydrogens is 376 g/mol. The van der Waals surface area contributed by atoms with Gasteiger partial charge in [-0.3, -0.25) is 4.79 Å². The van der Waals surface area contributed by atoms with E-state index in [-0.39, 0.29) is 18.1 Å². The molecule has 1 aromatic rings. The third-order valence-corrected chi connectivity index (χ3v) is 5.71. The molecule has 2 rings (SSSR count). The quantitative estimate of drug-likeness (QED) is 0.280. The number of benzene rings is 1. The number of ether oxygens (including phenoxy) is 2. The minimum atomic E-state index is -0.259. The van der Waals surface area contributed by atoms with Crippen LogP contribution in [0.4, 0.5) is 0 Å². The van der Waals surface area contributed by atoms with E-state index < -0.39 is 0 Å². The monoisotopic (exact) mass is 408 g/mol.